The van der Waals surface area contributed by atoms with Crippen molar-refractivity contribution in [3.05, 3.63) is 23.8 Å². The number of carboxylic acid groups (broad SMARTS) is 1. The van der Waals surface area contributed by atoms with Gasteiger partial charge in [-0.05, 0) is 49.0 Å². The maximum absolute atomic E-state index is 10.5. The fourth-order valence-corrected chi connectivity index (χ4v) is 4.22. The Morgan fingerprint density at radius 3 is 2.64 bits per heavy atom. The molecule has 6 heteroatoms. The molecule has 0 aromatic heterocycles. The molecular weight excluding hydrogens is 331 g/mol. The third kappa shape index (κ3) is 6.49. The standard InChI is InChI=1S/C19H30O5.Na/c1-11-7-13-4-3-12(2)16(19(13)17(22)8-11)6-5-14(20)9-15(21)10-18(23)24;/h3-4,7,11-12,14-17,19-22H,5-6,8-10H2,1-2H3,(H,23,24);/q;+1/p-1/t11-,12-,14+,15+,16-,17-,19-;/m1./s1. The summed E-state index contributed by atoms with van der Waals surface area (Å²) in [5, 5.41) is 40.7. The number of allylic oxidation sites excluding steroid dienone is 3. The molecule has 2 rings (SSSR count). The van der Waals surface area contributed by atoms with Crippen LogP contribution < -0.4 is 34.7 Å². The Balaban J connectivity index is 0.00000312. The summed E-state index contributed by atoms with van der Waals surface area (Å²) in [5.41, 5.74) is 1.19. The maximum Gasteiger partial charge on any atom is 1.00 e. The quantitative estimate of drug-likeness (QED) is 0.447. The topological polar surface area (TPSA) is 101 Å². The van der Waals surface area contributed by atoms with Gasteiger partial charge in [0.2, 0.25) is 0 Å². The summed E-state index contributed by atoms with van der Waals surface area (Å²) in [4.78, 5) is 10.5. The van der Waals surface area contributed by atoms with E-state index in [9.17, 15) is 25.2 Å². The van der Waals surface area contributed by atoms with Crippen LogP contribution in [0.25, 0.3) is 0 Å². The van der Waals surface area contributed by atoms with E-state index in [1.165, 1.54) is 5.57 Å². The molecule has 3 N–H and O–H groups in total. The summed E-state index contributed by atoms with van der Waals surface area (Å²) in [7, 11) is 0. The largest absolute Gasteiger partial charge is 1.00 e. The number of carbonyl (C=O) groups excluding carboxylic acids is 1. The van der Waals surface area contributed by atoms with E-state index in [4.69, 9.17) is 0 Å². The van der Waals surface area contributed by atoms with Crippen LogP contribution >= 0.6 is 0 Å². The van der Waals surface area contributed by atoms with Crippen LogP contribution in [0.1, 0.15) is 46.0 Å². The van der Waals surface area contributed by atoms with Gasteiger partial charge in [-0.15, -0.1) is 0 Å². The van der Waals surface area contributed by atoms with Crippen LogP contribution in [-0.2, 0) is 4.79 Å². The van der Waals surface area contributed by atoms with Crippen molar-refractivity contribution in [3.8, 4) is 0 Å². The number of rotatable bonds is 7. The molecule has 2 aliphatic carbocycles. The summed E-state index contributed by atoms with van der Waals surface area (Å²) in [6.45, 7) is 4.23. The first kappa shape index (κ1) is 22.9. The van der Waals surface area contributed by atoms with Crippen molar-refractivity contribution >= 4 is 5.97 Å². The smallest absolute Gasteiger partial charge is 0.550 e. The number of aliphatic carboxylic acids is 1. The molecule has 0 radical (unpaired) electrons. The van der Waals surface area contributed by atoms with Gasteiger partial charge < -0.3 is 25.2 Å². The molecule has 0 bridgehead atoms. The second kappa shape index (κ2) is 10.2. The molecule has 0 aliphatic heterocycles. The van der Waals surface area contributed by atoms with Crippen LogP contribution in [-0.4, -0.2) is 39.6 Å². The van der Waals surface area contributed by atoms with E-state index in [0.717, 1.165) is 12.8 Å². The van der Waals surface area contributed by atoms with Crippen LogP contribution in [0.4, 0.5) is 0 Å². The van der Waals surface area contributed by atoms with Crippen LogP contribution in [0.15, 0.2) is 23.8 Å². The van der Waals surface area contributed by atoms with E-state index >= 15 is 0 Å². The third-order valence-electron chi connectivity index (χ3n) is 5.40. The van der Waals surface area contributed by atoms with Crippen LogP contribution in [0.3, 0.4) is 0 Å². The van der Waals surface area contributed by atoms with Gasteiger partial charge in [-0.1, -0.05) is 32.1 Å². The van der Waals surface area contributed by atoms with Crippen LogP contribution in [0.5, 0.6) is 0 Å². The molecule has 7 atom stereocenters. The van der Waals surface area contributed by atoms with Crippen molar-refractivity contribution in [3.63, 3.8) is 0 Å². The van der Waals surface area contributed by atoms with Gasteiger partial charge in [-0.3, -0.25) is 0 Å². The molecule has 0 aromatic carbocycles. The number of fused-ring (bicyclic) bond motifs is 1. The van der Waals surface area contributed by atoms with E-state index < -0.39 is 24.6 Å². The molecule has 136 valence electrons. The second-order valence-corrected chi connectivity index (χ2v) is 7.55. The average molecular weight is 360 g/mol. The molecule has 0 amide bonds. The minimum absolute atomic E-state index is 0. The Bertz CT molecular complexity index is 504. The fourth-order valence-electron chi connectivity index (χ4n) is 4.22. The second-order valence-electron chi connectivity index (χ2n) is 7.55. The van der Waals surface area contributed by atoms with Crippen molar-refractivity contribution < 1.29 is 54.8 Å². The zero-order chi connectivity index (χ0) is 17.9. The molecule has 0 aromatic rings. The molecular formula is C19H29NaO5. The van der Waals surface area contributed by atoms with E-state index in [1.54, 1.807) is 0 Å². The van der Waals surface area contributed by atoms with E-state index in [1.807, 2.05) is 0 Å². The summed E-state index contributed by atoms with van der Waals surface area (Å²) in [6, 6.07) is 0. The van der Waals surface area contributed by atoms with Gasteiger partial charge in [0.25, 0.3) is 0 Å². The van der Waals surface area contributed by atoms with Gasteiger partial charge in [0.15, 0.2) is 0 Å². The monoisotopic (exact) mass is 360 g/mol. The third-order valence-corrected chi connectivity index (χ3v) is 5.40. The van der Waals surface area contributed by atoms with Gasteiger partial charge in [0.05, 0.1) is 18.3 Å². The molecule has 0 saturated heterocycles. The minimum Gasteiger partial charge on any atom is -0.550 e. The SMILES string of the molecule is C[C@@H]1C=C2C=C[C@@H](C)[C@@H](CC[C@H](O)C[C@H](O)CC(=O)[O-])[C@@H]2[C@H](O)C1.[Na+]. The first-order valence-electron chi connectivity index (χ1n) is 8.91. The van der Waals surface area contributed by atoms with Gasteiger partial charge in [0, 0.05) is 18.3 Å². The molecule has 0 unspecified atom stereocenters. The van der Waals surface area contributed by atoms with Gasteiger partial charge >= 0.3 is 29.6 Å². The van der Waals surface area contributed by atoms with Gasteiger partial charge in [0.1, 0.15) is 0 Å². The minimum atomic E-state index is -1.31. The maximum atomic E-state index is 10.5. The molecule has 5 nitrogen and oxygen atoms in total. The zero-order valence-corrected chi connectivity index (χ0v) is 17.5. The van der Waals surface area contributed by atoms with Crippen LogP contribution in [0, 0.1) is 23.7 Å². The van der Waals surface area contributed by atoms with E-state index in [0.29, 0.717) is 18.3 Å². The number of aliphatic hydroxyl groups excluding tert-OH is 3. The van der Waals surface area contributed by atoms with Crippen molar-refractivity contribution in [2.24, 2.45) is 23.7 Å². The Labute approximate surface area is 172 Å². The Kier molecular flexibility index (Phi) is 9.37. The predicted molar refractivity (Wildman–Crippen MR) is 88.6 cm³/mol. The number of carboxylic acids is 1. The average Bonchev–Trinajstić information content (AvgIpc) is 2.45. The summed E-state index contributed by atoms with van der Waals surface area (Å²) < 4.78 is 0. The molecule has 25 heavy (non-hydrogen) atoms. The molecule has 0 fully saturated rings. The normalized spacial score (nSPS) is 33.6. The Morgan fingerprint density at radius 1 is 1.32 bits per heavy atom. The van der Waals surface area contributed by atoms with Crippen molar-refractivity contribution in [1.29, 1.82) is 0 Å². The first-order chi connectivity index (χ1) is 11.3. The van der Waals surface area contributed by atoms with Gasteiger partial charge in [-0.2, -0.15) is 0 Å². The summed E-state index contributed by atoms with van der Waals surface area (Å²) in [5.74, 6) is -0.279. The van der Waals surface area contributed by atoms with Crippen molar-refractivity contribution in [1.82, 2.24) is 0 Å². The number of hydrogen-bond acceptors (Lipinski definition) is 5. The summed E-state index contributed by atoms with van der Waals surface area (Å²) in [6.07, 6.45) is 5.89. The first-order valence-corrected chi connectivity index (χ1v) is 8.91. The van der Waals surface area contributed by atoms with Gasteiger partial charge in [-0.25, -0.2) is 0 Å². The Morgan fingerprint density at radius 2 is 2.00 bits per heavy atom. The van der Waals surface area contributed by atoms with Crippen molar-refractivity contribution in [2.75, 3.05) is 0 Å². The Hall–Kier alpha value is -0.170. The van der Waals surface area contributed by atoms with E-state index in [-0.39, 0.29) is 53.9 Å². The molecule has 0 heterocycles. The molecule has 2 aliphatic rings. The van der Waals surface area contributed by atoms with Crippen LogP contribution in [0.2, 0.25) is 0 Å². The summed E-state index contributed by atoms with van der Waals surface area (Å²) >= 11 is 0. The van der Waals surface area contributed by atoms with Crippen molar-refractivity contribution in [2.45, 2.75) is 64.3 Å². The number of hydrogen-bond donors (Lipinski definition) is 3. The molecule has 0 saturated carbocycles. The fraction of sp³-hybridized carbons (Fsp3) is 0.737. The predicted octanol–water partition coefficient (Wildman–Crippen LogP) is -2.21. The number of aliphatic hydroxyl groups is 3. The number of carbonyl (C=O) groups is 1. The zero-order valence-electron chi connectivity index (χ0n) is 15.5. The van der Waals surface area contributed by atoms with E-state index in [2.05, 4.69) is 32.1 Å². The molecule has 0 spiro atoms.